The predicted molar refractivity (Wildman–Crippen MR) is 43.5 cm³/mol. The maximum atomic E-state index is 9.94. The average molecular weight is 165 g/mol. The van der Waals surface area contributed by atoms with Gasteiger partial charge >= 0.3 is 5.97 Å². The maximum absolute atomic E-state index is 9.94. The molecule has 0 amide bonds. The van der Waals surface area contributed by atoms with Gasteiger partial charge in [-0.05, 0) is 19.3 Å². The van der Waals surface area contributed by atoms with Crippen LogP contribution in [0.5, 0.6) is 0 Å². The fourth-order valence-electron chi connectivity index (χ4n) is 0.565. The Bertz CT molecular complexity index is 102. The summed E-state index contributed by atoms with van der Waals surface area (Å²) in [5.41, 5.74) is 0. The molecule has 0 atom stereocenters. The molecule has 0 aliphatic carbocycles. The third-order valence-electron chi connectivity index (χ3n) is 1.05. The van der Waals surface area contributed by atoms with E-state index in [4.69, 9.17) is 5.11 Å². The summed E-state index contributed by atoms with van der Waals surface area (Å²) >= 11 is 0. The smallest absolute Gasteiger partial charge is 0.303 e. The lowest BCUT2D eigenvalue weighted by Crippen LogP contribution is -1.92. The van der Waals surface area contributed by atoms with E-state index in [1.807, 2.05) is 6.08 Å². The van der Waals surface area contributed by atoms with E-state index < -0.39 is 5.97 Å². The summed E-state index contributed by atoms with van der Waals surface area (Å²) in [5.74, 6) is -0.709. The van der Waals surface area contributed by atoms with Gasteiger partial charge in [-0.15, -0.1) is 19.0 Å². The summed E-state index contributed by atoms with van der Waals surface area (Å²) in [7, 11) is 0. The monoisotopic (exact) mass is 164 g/mol. The average Bonchev–Trinajstić information content (AvgIpc) is 1.80. The molecule has 0 heterocycles. The van der Waals surface area contributed by atoms with E-state index in [-0.39, 0.29) is 18.8 Å². The summed E-state index contributed by atoms with van der Waals surface area (Å²) in [4.78, 5) is 9.94. The highest BCUT2D eigenvalue weighted by Gasteiger charge is 1.93. The van der Waals surface area contributed by atoms with E-state index in [0.29, 0.717) is 0 Å². The normalized spacial score (nSPS) is 8.00. The lowest BCUT2D eigenvalue weighted by molar-refractivity contribution is -0.137. The van der Waals surface area contributed by atoms with Crippen LogP contribution in [-0.4, -0.2) is 11.1 Å². The molecular formula is C7H13ClO2. The molecule has 1 N–H and O–H groups in total. The van der Waals surface area contributed by atoms with E-state index in [2.05, 4.69) is 6.58 Å². The molecule has 60 valence electrons. The summed E-state index contributed by atoms with van der Waals surface area (Å²) in [6, 6.07) is 0. The molecule has 0 saturated carbocycles. The fraction of sp³-hybridized carbons (Fsp3) is 0.571. The molecule has 0 aliphatic rings. The second kappa shape index (κ2) is 8.50. The van der Waals surface area contributed by atoms with E-state index in [0.717, 1.165) is 19.3 Å². The maximum Gasteiger partial charge on any atom is 0.303 e. The van der Waals surface area contributed by atoms with E-state index in [1.54, 1.807) is 0 Å². The van der Waals surface area contributed by atoms with E-state index >= 15 is 0 Å². The minimum atomic E-state index is -0.709. The molecule has 2 nitrogen and oxygen atoms in total. The molecule has 0 radical (unpaired) electrons. The Morgan fingerprint density at radius 1 is 1.50 bits per heavy atom. The summed E-state index contributed by atoms with van der Waals surface area (Å²) in [6.07, 6.45) is 4.72. The summed E-state index contributed by atoms with van der Waals surface area (Å²) in [6.45, 7) is 3.53. The van der Waals surface area contributed by atoms with Crippen molar-refractivity contribution >= 4 is 18.4 Å². The van der Waals surface area contributed by atoms with Crippen LogP contribution in [0, 0.1) is 0 Å². The zero-order valence-corrected chi connectivity index (χ0v) is 6.69. The number of carboxylic acids is 1. The van der Waals surface area contributed by atoms with E-state index in [1.165, 1.54) is 0 Å². The molecule has 10 heavy (non-hydrogen) atoms. The number of hydrogen-bond acceptors (Lipinski definition) is 1. The number of aliphatic carboxylic acids is 1. The third kappa shape index (κ3) is 10.5. The number of carbonyl (C=O) groups is 1. The Hall–Kier alpha value is -0.500. The zero-order chi connectivity index (χ0) is 7.11. The molecule has 0 aromatic carbocycles. The zero-order valence-electron chi connectivity index (χ0n) is 5.88. The number of unbranched alkanes of at least 4 members (excludes halogenated alkanes) is 2. The minimum absolute atomic E-state index is 0. The van der Waals surface area contributed by atoms with E-state index in [9.17, 15) is 4.79 Å². The molecule has 0 fully saturated rings. The summed E-state index contributed by atoms with van der Waals surface area (Å²) < 4.78 is 0. The van der Waals surface area contributed by atoms with Crippen LogP contribution in [0.15, 0.2) is 12.7 Å². The first kappa shape index (κ1) is 12.2. The van der Waals surface area contributed by atoms with Gasteiger partial charge in [-0.2, -0.15) is 0 Å². The van der Waals surface area contributed by atoms with Gasteiger partial charge in [0.25, 0.3) is 0 Å². The first-order valence-electron chi connectivity index (χ1n) is 3.10. The van der Waals surface area contributed by atoms with Crippen molar-refractivity contribution < 1.29 is 9.90 Å². The Balaban J connectivity index is 0. The van der Waals surface area contributed by atoms with Crippen LogP contribution in [0.4, 0.5) is 0 Å². The number of carboxylic acid groups (broad SMARTS) is 1. The van der Waals surface area contributed by atoms with Crippen molar-refractivity contribution in [2.24, 2.45) is 0 Å². The molecular weight excluding hydrogens is 152 g/mol. The second-order valence-electron chi connectivity index (χ2n) is 1.93. The SMILES string of the molecule is C=CCCCCC(=O)O.Cl. The van der Waals surface area contributed by atoms with Crippen LogP contribution in [0.3, 0.4) is 0 Å². The number of rotatable bonds is 5. The second-order valence-corrected chi connectivity index (χ2v) is 1.93. The van der Waals surface area contributed by atoms with Crippen molar-refractivity contribution in [2.45, 2.75) is 25.7 Å². The fourth-order valence-corrected chi connectivity index (χ4v) is 0.565. The minimum Gasteiger partial charge on any atom is -0.481 e. The van der Waals surface area contributed by atoms with Crippen molar-refractivity contribution in [2.75, 3.05) is 0 Å². The van der Waals surface area contributed by atoms with Crippen LogP contribution < -0.4 is 0 Å². The van der Waals surface area contributed by atoms with Crippen molar-refractivity contribution in [3.63, 3.8) is 0 Å². The molecule has 3 heteroatoms. The number of allylic oxidation sites excluding steroid dienone is 1. The van der Waals surface area contributed by atoms with Crippen LogP contribution in [0.25, 0.3) is 0 Å². The molecule has 0 bridgehead atoms. The van der Waals surface area contributed by atoms with Crippen LogP contribution in [0.1, 0.15) is 25.7 Å². The molecule has 0 aliphatic heterocycles. The molecule has 0 saturated heterocycles. The highest BCUT2D eigenvalue weighted by molar-refractivity contribution is 5.85. The molecule has 0 unspecified atom stereocenters. The van der Waals surface area contributed by atoms with Gasteiger partial charge in [0, 0.05) is 6.42 Å². The van der Waals surface area contributed by atoms with Gasteiger partial charge in [0.15, 0.2) is 0 Å². The molecule has 0 spiro atoms. The topological polar surface area (TPSA) is 37.3 Å². The largest absolute Gasteiger partial charge is 0.481 e. The van der Waals surface area contributed by atoms with Gasteiger partial charge in [-0.1, -0.05) is 6.08 Å². The lowest BCUT2D eigenvalue weighted by Gasteiger charge is -1.90. The van der Waals surface area contributed by atoms with Gasteiger partial charge in [0.05, 0.1) is 0 Å². The first-order valence-corrected chi connectivity index (χ1v) is 3.10. The Morgan fingerprint density at radius 3 is 2.50 bits per heavy atom. The summed E-state index contributed by atoms with van der Waals surface area (Å²) in [5, 5.41) is 8.19. The molecule has 0 aromatic heterocycles. The van der Waals surface area contributed by atoms with Gasteiger partial charge in [-0.3, -0.25) is 4.79 Å². The van der Waals surface area contributed by atoms with Crippen molar-refractivity contribution in [3.8, 4) is 0 Å². The van der Waals surface area contributed by atoms with Crippen molar-refractivity contribution in [3.05, 3.63) is 12.7 Å². The number of halogens is 1. The molecule has 0 rings (SSSR count). The quantitative estimate of drug-likeness (QED) is 0.500. The first-order chi connectivity index (χ1) is 4.27. The van der Waals surface area contributed by atoms with Crippen LogP contribution in [0.2, 0.25) is 0 Å². The van der Waals surface area contributed by atoms with Crippen LogP contribution in [-0.2, 0) is 4.79 Å². The Morgan fingerprint density at radius 2 is 2.10 bits per heavy atom. The molecule has 0 aromatic rings. The van der Waals surface area contributed by atoms with Crippen LogP contribution >= 0.6 is 12.4 Å². The Labute approximate surface area is 67.3 Å². The predicted octanol–water partition coefficient (Wildman–Crippen LogP) is 2.24. The number of hydrogen-bond donors (Lipinski definition) is 1. The van der Waals surface area contributed by atoms with Crippen molar-refractivity contribution in [1.82, 2.24) is 0 Å². The highest BCUT2D eigenvalue weighted by atomic mass is 35.5. The Kier molecular flexibility index (Phi) is 10.4. The van der Waals surface area contributed by atoms with Gasteiger partial charge in [0.2, 0.25) is 0 Å². The third-order valence-corrected chi connectivity index (χ3v) is 1.05. The van der Waals surface area contributed by atoms with Gasteiger partial charge in [-0.25, -0.2) is 0 Å². The lowest BCUT2D eigenvalue weighted by atomic mass is 10.2. The van der Waals surface area contributed by atoms with Gasteiger partial charge in [0.1, 0.15) is 0 Å². The van der Waals surface area contributed by atoms with Gasteiger partial charge < -0.3 is 5.11 Å². The standard InChI is InChI=1S/C7H12O2.ClH/c1-2-3-4-5-6-7(8)9;/h2H,1,3-6H2,(H,8,9);1H. The highest BCUT2D eigenvalue weighted by Crippen LogP contribution is 1.98. The van der Waals surface area contributed by atoms with Crippen molar-refractivity contribution in [1.29, 1.82) is 0 Å².